The summed E-state index contributed by atoms with van der Waals surface area (Å²) in [4.78, 5) is 14.4. The molecule has 0 saturated carbocycles. The Morgan fingerprint density at radius 1 is 1.42 bits per heavy atom. The minimum Gasteiger partial charge on any atom is -0.491 e. The quantitative estimate of drug-likeness (QED) is 0.832. The van der Waals surface area contributed by atoms with Crippen LogP contribution in [0, 0.1) is 16.7 Å². The van der Waals surface area contributed by atoms with Gasteiger partial charge >= 0.3 is 0 Å². The van der Waals surface area contributed by atoms with Crippen LogP contribution in [0.1, 0.15) is 34.1 Å². The molecule has 1 aliphatic heterocycles. The maximum Gasteiger partial charge on any atom is 0.224 e. The Bertz CT molecular complexity index is 605. The largest absolute Gasteiger partial charge is 0.491 e. The molecule has 2 rings (SSSR count). The normalized spacial score (nSPS) is 20.3. The standard InChI is InChI=1S/C19H26N2O3/c1-18(2,13-20)10-17(22)21-11-16(24-19(3,4)14-21)12-23-15-8-6-5-7-9-15/h5-9,16H,10-12,14H2,1-4H3. The SMILES string of the molecule is CC(C)(C#N)CC(=O)N1CC(COc2ccccc2)OC(C)(C)C1. The molecule has 1 saturated heterocycles. The summed E-state index contributed by atoms with van der Waals surface area (Å²) in [5.74, 6) is 0.774. The summed E-state index contributed by atoms with van der Waals surface area (Å²) in [7, 11) is 0. The van der Waals surface area contributed by atoms with Crippen molar-refractivity contribution >= 4 is 5.91 Å². The molecule has 1 atom stereocenters. The molecule has 1 aromatic carbocycles. The van der Waals surface area contributed by atoms with Gasteiger partial charge in [0.25, 0.3) is 0 Å². The number of ether oxygens (including phenoxy) is 2. The zero-order valence-corrected chi connectivity index (χ0v) is 14.9. The van der Waals surface area contributed by atoms with Crippen LogP contribution in [0.4, 0.5) is 0 Å². The summed E-state index contributed by atoms with van der Waals surface area (Å²) >= 11 is 0. The lowest BCUT2D eigenvalue weighted by Crippen LogP contribution is -2.56. The smallest absolute Gasteiger partial charge is 0.224 e. The molecular formula is C19H26N2O3. The van der Waals surface area contributed by atoms with Gasteiger partial charge in [0, 0.05) is 13.0 Å². The number of carbonyl (C=O) groups is 1. The first-order valence-corrected chi connectivity index (χ1v) is 8.25. The molecule has 0 radical (unpaired) electrons. The van der Waals surface area contributed by atoms with Crippen molar-refractivity contribution in [3.8, 4) is 11.8 Å². The van der Waals surface area contributed by atoms with E-state index in [9.17, 15) is 4.79 Å². The van der Waals surface area contributed by atoms with Gasteiger partial charge in [-0.15, -0.1) is 0 Å². The number of hydrogen-bond acceptors (Lipinski definition) is 4. The first-order chi connectivity index (χ1) is 11.2. The molecule has 5 nitrogen and oxygen atoms in total. The highest BCUT2D eigenvalue weighted by molar-refractivity contribution is 5.77. The third-order valence-corrected chi connectivity index (χ3v) is 3.91. The number of nitriles is 1. The summed E-state index contributed by atoms with van der Waals surface area (Å²) in [5, 5.41) is 9.14. The number of morpholine rings is 1. The van der Waals surface area contributed by atoms with Crippen LogP contribution >= 0.6 is 0 Å². The van der Waals surface area contributed by atoms with Crippen molar-refractivity contribution in [2.24, 2.45) is 5.41 Å². The topological polar surface area (TPSA) is 62.6 Å². The fourth-order valence-corrected chi connectivity index (χ4v) is 2.81. The predicted molar refractivity (Wildman–Crippen MR) is 91.5 cm³/mol. The Morgan fingerprint density at radius 3 is 2.71 bits per heavy atom. The maximum atomic E-state index is 12.6. The van der Waals surface area contributed by atoms with Crippen LogP contribution in [-0.2, 0) is 9.53 Å². The Morgan fingerprint density at radius 2 is 2.08 bits per heavy atom. The zero-order chi connectivity index (χ0) is 17.8. The molecule has 1 unspecified atom stereocenters. The van der Waals surface area contributed by atoms with Crippen molar-refractivity contribution in [2.45, 2.75) is 45.8 Å². The maximum absolute atomic E-state index is 12.6. The number of benzene rings is 1. The summed E-state index contributed by atoms with van der Waals surface area (Å²) < 4.78 is 11.8. The number of hydrogen-bond donors (Lipinski definition) is 0. The lowest BCUT2D eigenvalue weighted by molar-refractivity contribution is -0.166. The molecule has 1 fully saturated rings. The highest BCUT2D eigenvalue weighted by atomic mass is 16.5. The van der Waals surface area contributed by atoms with E-state index in [4.69, 9.17) is 14.7 Å². The van der Waals surface area contributed by atoms with E-state index in [0.29, 0.717) is 19.7 Å². The van der Waals surface area contributed by atoms with Crippen molar-refractivity contribution in [2.75, 3.05) is 19.7 Å². The number of amides is 1. The molecule has 0 spiro atoms. The highest BCUT2D eigenvalue weighted by Gasteiger charge is 2.37. The van der Waals surface area contributed by atoms with Crippen molar-refractivity contribution < 1.29 is 14.3 Å². The Balaban J connectivity index is 1.98. The molecule has 0 bridgehead atoms. The van der Waals surface area contributed by atoms with Gasteiger partial charge in [0.1, 0.15) is 18.5 Å². The van der Waals surface area contributed by atoms with E-state index in [1.54, 1.807) is 18.7 Å². The molecule has 1 aromatic rings. The molecule has 1 aliphatic rings. The van der Waals surface area contributed by atoms with E-state index in [-0.39, 0.29) is 18.4 Å². The van der Waals surface area contributed by atoms with Gasteiger partial charge in [-0.05, 0) is 39.8 Å². The Labute approximate surface area is 144 Å². The second-order valence-corrected chi connectivity index (χ2v) is 7.57. The highest BCUT2D eigenvalue weighted by Crippen LogP contribution is 2.26. The summed E-state index contributed by atoms with van der Waals surface area (Å²) in [6, 6.07) is 11.7. The summed E-state index contributed by atoms with van der Waals surface area (Å²) in [6.45, 7) is 8.90. The van der Waals surface area contributed by atoms with Gasteiger partial charge in [0.15, 0.2) is 0 Å². The van der Waals surface area contributed by atoms with E-state index >= 15 is 0 Å². The monoisotopic (exact) mass is 330 g/mol. The lowest BCUT2D eigenvalue weighted by atomic mass is 9.90. The van der Waals surface area contributed by atoms with Gasteiger partial charge in [-0.1, -0.05) is 18.2 Å². The van der Waals surface area contributed by atoms with Crippen LogP contribution in [0.5, 0.6) is 5.75 Å². The second-order valence-electron chi connectivity index (χ2n) is 7.57. The average molecular weight is 330 g/mol. The molecule has 130 valence electrons. The molecule has 0 aliphatic carbocycles. The van der Waals surface area contributed by atoms with Crippen LogP contribution in [0.25, 0.3) is 0 Å². The molecular weight excluding hydrogens is 304 g/mol. The van der Waals surface area contributed by atoms with Gasteiger partial charge in [-0.25, -0.2) is 0 Å². The molecule has 5 heteroatoms. The van der Waals surface area contributed by atoms with Crippen molar-refractivity contribution in [1.82, 2.24) is 4.90 Å². The Kier molecular flexibility index (Phi) is 5.51. The van der Waals surface area contributed by atoms with Gasteiger partial charge in [-0.2, -0.15) is 5.26 Å². The molecule has 0 aromatic heterocycles. The molecule has 0 N–H and O–H groups in total. The molecule has 1 heterocycles. The third kappa shape index (κ3) is 5.24. The van der Waals surface area contributed by atoms with Gasteiger partial charge in [0.05, 0.1) is 23.6 Å². The number of para-hydroxylation sites is 1. The van der Waals surface area contributed by atoms with E-state index in [1.165, 1.54) is 0 Å². The summed E-state index contributed by atoms with van der Waals surface area (Å²) in [5.41, 5.74) is -1.09. The lowest BCUT2D eigenvalue weighted by Gasteiger charge is -2.43. The number of nitrogens with zero attached hydrogens (tertiary/aromatic N) is 2. The van der Waals surface area contributed by atoms with Crippen molar-refractivity contribution in [3.05, 3.63) is 30.3 Å². The van der Waals surface area contributed by atoms with E-state index in [0.717, 1.165) is 5.75 Å². The average Bonchev–Trinajstić information content (AvgIpc) is 2.52. The number of rotatable bonds is 5. The minimum absolute atomic E-state index is 0.0114. The first kappa shape index (κ1) is 18.3. The van der Waals surface area contributed by atoms with Crippen LogP contribution in [0.2, 0.25) is 0 Å². The van der Waals surface area contributed by atoms with Crippen molar-refractivity contribution in [3.63, 3.8) is 0 Å². The van der Waals surface area contributed by atoms with Crippen LogP contribution in [0.15, 0.2) is 30.3 Å². The van der Waals surface area contributed by atoms with Crippen molar-refractivity contribution in [1.29, 1.82) is 5.26 Å². The summed E-state index contributed by atoms with van der Waals surface area (Å²) in [6.07, 6.45) is 0.0226. The van der Waals surface area contributed by atoms with Gasteiger partial charge in [0.2, 0.25) is 5.91 Å². The van der Waals surface area contributed by atoms with Gasteiger partial charge < -0.3 is 14.4 Å². The zero-order valence-electron chi connectivity index (χ0n) is 14.9. The predicted octanol–water partition coefficient (Wildman–Crippen LogP) is 3.01. The number of carbonyl (C=O) groups excluding carboxylic acids is 1. The fraction of sp³-hybridized carbons (Fsp3) is 0.579. The van der Waals surface area contributed by atoms with Gasteiger partial charge in [-0.3, -0.25) is 4.79 Å². The minimum atomic E-state index is -0.657. The molecule has 24 heavy (non-hydrogen) atoms. The second kappa shape index (κ2) is 7.23. The van der Waals surface area contributed by atoms with E-state index in [1.807, 2.05) is 44.2 Å². The molecule has 1 amide bonds. The fourth-order valence-electron chi connectivity index (χ4n) is 2.81. The van der Waals surface area contributed by atoms with Crippen LogP contribution in [-0.4, -0.2) is 42.2 Å². The van der Waals surface area contributed by atoms with Crippen LogP contribution < -0.4 is 4.74 Å². The Hall–Kier alpha value is -2.06. The van der Waals surface area contributed by atoms with E-state index < -0.39 is 11.0 Å². The third-order valence-electron chi connectivity index (χ3n) is 3.91. The first-order valence-electron chi connectivity index (χ1n) is 8.25. The van der Waals surface area contributed by atoms with E-state index in [2.05, 4.69) is 6.07 Å². The van der Waals surface area contributed by atoms with Crippen LogP contribution in [0.3, 0.4) is 0 Å².